The fourth-order valence-corrected chi connectivity index (χ4v) is 0.723. The van der Waals surface area contributed by atoms with Crippen molar-refractivity contribution in [1.82, 2.24) is 10.5 Å². The van der Waals surface area contributed by atoms with Crippen LogP contribution in [0.15, 0.2) is 10.7 Å². The topological polar surface area (TPSA) is 38.1 Å². The first-order chi connectivity index (χ1) is 4.84. The number of hydrogen-bond donors (Lipinski definition) is 1. The van der Waals surface area contributed by atoms with Gasteiger partial charge in [0.25, 0.3) is 0 Å². The van der Waals surface area contributed by atoms with Crippen molar-refractivity contribution in [2.75, 3.05) is 6.54 Å². The van der Waals surface area contributed by atoms with Crippen molar-refractivity contribution in [3.63, 3.8) is 0 Å². The van der Waals surface area contributed by atoms with Crippen LogP contribution in [-0.2, 0) is 6.54 Å². The highest BCUT2D eigenvalue weighted by Gasteiger charge is 2.00. The van der Waals surface area contributed by atoms with Crippen LogP contribution >= 0.6 is 0 Å². The summed E-state index contributed by atoms with van der Waals surface area (Å²) in [5, 5.41) is 6.82. The Hall–Kier alpha value is -0.830. The Morgan fingerprint density at radius 2 is 2.50 bits per heavy atom. The number of rotatable bonds is 3. The second-order valence-corrected chi connectivity index (χ2v) is 2.21. The molecule has 1 aromatic heterocycles. The second-order valence-electron chi connectivity index (χ2n) is 2.21. The molecule has 0 aliphatic heterocycles. The molecule has 0 saturated heterocycles. The minimum Gasteiger partial charge on any atom is -0.360 e. The van der Waals surface area contributed by atoms with Crippen molar-refractivity contribution in [1.29, 1.82) is 0 Å². The molecule has 3 nitrogen and oxygen atoms in total. The van der Waals surface area contributed by atoms with E-state index in [2.05, 4.69) is 17.4 Å². The van der Waals surface area contributed by atoms with Crippen LogP contribution in [0.3, 0.4) is 0 Å². The van der Waals surface area contributed by atoms with Crippen LogP contribution in [0, 0.1) is 6.92 Å². The van der Waals surface area contributed by atoms with Gasteiger partial charge in [-0.25, -0.2) is 0 Å². The van der Waals surface area contributed by atoms with Crippen LogP contribution in [0.5, 0.6) is 0 Å². The average molecular weight is 140 g/mol. The van der Waals surface area contributed by atoms with Gasteiger partial charge in [-0.05, 0) is 13.5 Å². The number of nitrogens with one attached hydrogen (secondary N) is 1. The van der Waals surface area contributed by atoms with Gasteiger partial charge in [-0.3, -0.25) is 0 Å². The van der Waals surface area contributed by atoms with Gasteiger partial charge in [0.05, 0.1) is 12.7 Å². The van der Waals surface area contributed by atoms with Crippen molar-refractivity contribution >= 4 is 0 Å². The first-order valence-electron chi connectivity index (χ1n) is 3.45. The zero-order chi connectivity index (χ0) is 7.40. The van der Waals surface area contributed by atoms with E-state index in [9.17, 15) is 0 Å². The molecule has 0 aliphatic carbocycles. The van der Waals surface area contributed by atoms with Gasteiger partial charge in [-0.2, -0.15) is 0 Å². The Bertz CT molecular complexity index is 195. The number of aromatic nitrogens is 1. The molecule has 0 bridgehead atoms. The monoisotopic (exact) mass is 140 g/mol. The van der Waals surface area contributed by atoms with Crippen molar-refractivity contribution in [3.05, 3.63) is 17.5 Å². The molecule has 0 aromatic carbocycles. The molecule has 10 heavy (non-hydrogen) atoms. The summed E-state index contributed by atoms with van der Waals surface area (Å²) in [7, 11) is 0. The molecule has 1 heterocycles. The van der Waals surface area contributed by atoms with Crippen LogP contribution in [0.25, 0.3) is 0 Å². The normalized spacial score (nSPS) is 10.2. The Morgan fingerprint density at radius 3 is 3.00 bits per heavy atom. The third kappa shape index (κ3) is 1.57. The molecule has 0 atom stereocenters. The van der Waals surface area contributed by atoms with Crippen LogP contribution in [-0.4, -0.2) is 11.7 Å². The van der Waals surface area contributed by atoms with Crippen molar-refractivity contribution in [3.8, 4) is 0 Å². The second kappa shape index (κ2) is 3.37. The molecule has 0 saturated carbocycles. The summed E-state index contributed by atoms with van der Waals surface area (Å²) in [5.41, 5.74) is 1.11. The summed E-state index contributed by atoms with van der Waals surface area (Å²) in [4.78, 5) is 0. The maximum absolute atomic E-state index is 4.95. The Balaban J connectivity index is 2.49. The van der Waals surface area contributed by atoms with E-state index in [4.69, 9.17) is 4.52 Å². The van der Waals surface area contributed by atoms with E-state index in [0.717, 1.165) is 24.4 Å². The first-order valence-corrected chi connectivity index (χ1v) is 3.45. The molecule has 1 rings (SSSR count). The number of hydrogen-bond acceptors (Lipinski definition) is 3. The van der Waals surface area contributed by atoms with Gasteiger partial charge < -0.3 is 9.84 Å². The molecule has 0 radical (unpaired) electrons. The van der Waals surface area contributed by atoms with Crippen molar-refractivity contribution in [2.24, 2.45) is 0 Å². The SMILES string of the molecule is CCNCc1oncc1C. The Morgan fingerprint density at radius 1 is 1.70 bits per heavy atom. The maximum atomic E-state index is 4.95. The van der Waals surface area contributed by atoms with Gasteiger partial charge in [-0.15, -0.1) is 0 Å². The summed E-state index contributed by atoms with van der Waals surface area (Å²) in [6.07, 6.45) is 1.73. The van der Waals surface area contributed by atoms with E-state index >= 15 is 0 Å². The minimum absolute atomic E-state index is 0.780. The highest BCUT2D eigenvalue weighted by molar-refractivity contribution is 5.09. The summed E-state index contributed by atoms with van der Waals surface area (Å²) in [6, 6.07) is 0. The fourth-order valence-electron chi connectivity index (χ4n) is 0.723. The summed E-state index contributed by atoms with van der Waals surface area (Å²) in [6.45, 7) is 5.79. The van der Waals surface area contributed by atoms with E-state index in [1.807, 2.05) is 6.92 Å². The predicted octanol–water partition coefficient (Wildman–Crippen LogP) is 1.09. The van der Waals surface area contributed by atoms with Crippen LogP contribution in [0.4, 0.5) is 0 Å². The summed E-state index contributed by atoms with van der Waals surface area (Å²) >= 11 is 0. The minimum atomic E-state index is 0.780. The van der Waals surface area contributed by atoms with Crippen LogP contribution in [0.1, 0.15) is 18.2 Å². The third-order valence-electron chi connectivity index (χ3n) is 1.38. The van der Waals surface area contributed by atoms with E-state index in [0.29, 0.717) is 0 Å². The van der Waals surface area contributed by atoms with Gasteiger partial charge in [0.15, 0.2) is 5.76 Å². The molecular weight excluding hydrogens is 128 g/mol. The fraction of sp³-hybridized carbons (Fsp3) is 0.571. The highest BCUT2D eigenvalue weighted by Crippen LogP contribution is 2.03. The largest absolute Gasteiger partial charge is 0.360 e. The standard InChI is InChI=1S/C7H12N2O/c1-3-8-5-7-6(2)4-9-10-7/h4,8H,3,5H2,1-2H3. The van der Waals surface area contributed by atoms with Crippen molar-refractivity contribution < 1.29 is 4.52 Å². The lowest BCUT2D eigenvalue weighted by molar-refractivity contribution is 0.373. The smallest absolute Gasteiger partial charge is 0.153 e. The van der Waals surface area contributed by atoms with Crippen LogP contribution in [0.2, 0.25) is 0 Å². The molecule has 1 aromatic rings. The molecule has 0 aliphatic rings. The third-order valence-corrected chi connectivity index (χ3v) is 1.38. The molecule has 0 unspecified atom stereocenters. The highest BCUT2D eigenvalue weighted by atomic mass is 16.5. The van der Waals surface area contributed by atoms with Crippen molar-refractivity contribution in [2.45, 2.75) is 20.4 Å². The molecule has 0 amide bonds. The molecule has 56 valence electrons. The van der Waals surface area contributed by atoms with E-state index in [1.54, 1.807) is 6.20 Å². The molecule has 0 spiro atoms. The molecule has 0 fully saturated rings. The van der Waals surface area contributed by atoms with E-state index in [1.165, 1.54) is 0 Å². The number of aryl methyl sites for hydroxylation is 1. The Kier molecular flexibility index (Phi) is 2.45. The van der Waals surface area contributed by atoms with Gasteiger partial charge >= 0.3 is 0 Å². The van der Waals surface area contributed by atoms with E-state index < -0.39 is 0 Å². The Labute approximate surface area is 60.4 Å². The maximum Gasteiger partial charge on any atom is 0.153 e. The molecular formula is C7H12N2O. The zero-order valence-electron chi connectivity index (χ0n) is 6.35. The number of nitrogens with zero attached hydrogens (tertiary/aromatic N) is 1. The summed E-state index contributed by atoms with van der Waals surface area (Å²) in [5.74, 6) is 0.932. The summed E-state index contributed by atoms with van der Waals surface area (Å²) < 4.78 is 4.95. The van der Waals surface area contributed by atoms with Crippen LogP contribution < -0.4 is 5.32 Å². The lowest BCUT2D eigenvalue weighted by Gasteiger charge is -1.95. The lowest BCUT2D eigenvalue weighted by atomic mass is 10.3. The van der Waals surface area contributed by atoms with Gasteiger partial charge in [0.1, 0.15) is 0 Å². The molecule has 1 N–H and O–H groups in total. The molecule has 3 heteroatoms. The zero-order valence-corrected chi connectivity index (χ0v) is 6.35. The van der Waals surface area contributed by atoms with E-state index in [-0.39, 0.29) is 0 Å². The first kappa shape index (κ1) is 7.28. The quantitative estimate of drug-likeness (QED) is 0.683. The van der Waals surface area contributed by atoms with Gasteiger partial charge in [0.2, 0.25) is 0 Å². The van der Waals surface area contributed by atoms with Gasteiger partial charge in [0, 0.05) is 5.56 Å². The van der Waals surface area contributed by atoms with Gasteiger partial charge in [-0.1, -0.05) is 12.1 Å². The average Bonchev–Trinajstić information content (AvgIpc) is 2.31. The lowest BCUT2D eigenvalue weighted by Crippen LogP contribution is -2.11. The predicted molar refractivity (Wildman–Crippen MR) is 38.6 cm³/mol.